The Kier molecular flexibility index (Phi) is 4.29. The number of aromatic nitrogens is 2. The molecule has 1 aromatic heterocycles. The first kappa shape index (κ1) is 14.0. The average Bonchev–Trinajstić information content (AvgIpc) is 2.34. The number of rotatable bonds is 4. The molecule has 0 aliphatic rings. The molecule has 0 fully saturated rings. The van der Waals surface area contributed by atoms with Crippen LogP contribution < -0.4 is 10.6 Å². The van der Waals surface area contributed by atoms with E-state index in [2.05, 4.69) is 15.1 Å². The van der Waals surface area contributed by atoms with E-state index >= 15 is 0 Å². The molecule has 0 saturated heterocycles. The van der Waals surface area contributed by atoms with Gasteiger partial charge in [0, 0.05) is 26.2 Å². The van der Waals surface area contributed by atoms with Gasteiger partial charge < -0.3 is 15.8 Å². The lowest BCUT2D eigenvalue weighted by molar-refractivity contribution is -0.141. The summed E-state index contributed by atoms with van der Waals surface area (Å²) in [6.07, 6.45) is -3.29. The van der Waals surface area contributed by atoms with Crippen molar-refractivity contribution in [2.75, 3.05) is 18.5 Å². The summed E-state index contributed by atoms with van der Waals surface area (Å²) in [5.41, 5.74) is 4.24. The zero-order valence-corrected chi connectivity index (χ0v) is 9.52. The van der Waals surface area contributed by atoms with Gasteiger partial charge in [0.25, 0.3) is 0 Å². The smallest absolute Gasteiger partial charge is 0.409 e. The minimum absolute atomic E-state index is 0.0196. The molecule has 0 saturated carbocycles. The predicted molar refractivity (Wildman–Crippen MR) is 58.3 cm³/mol. The summed E-state index contributed by atoms with van der Waals surface area (Å²) in [7, 11) is 1.51. The van der Waals surface area contributed by atoms with E-state index in [-0.39, 0.29) is 24.7 Å². The fraction of sp³-hybridized carbons (Fsp3) is 0.444. The van der Waals surface area contributed by atoms with Crippen LogP contribution in [0.15, 0.2) is 17.4 Å². The molecule has 0 atom stereocenters. The van der Waals surface area contributed by atoms with E-state index in [0.29, 0.717) is 0 Å². The maximum atomic E-state index is 12.4. The van der Waals surface area contributed by atoms with Crippen LogP contribution in [0.2, 0.25) is 0 Å². The lowest BCUT2D eigenvalue weighted by atomic mass is 10.3. The first-order valence-corrected chi connectivity index (χ1v) is 4.92. The Bertz CT molecular complexity index is 434. The number of nitrogens with two attached hydrogens (primary N) is 1. The third-order valence-corrected chi connectivity index (χ3v) is 2.11. The van der Waals surface area contributed by atoms with Gasteiger partial charge in [-0.2, -0.15) is 13.2 Å². The minimum atomic E-state index is -4.51. The number of oxime groups is 1. The first-order chi connectivity index (χ1) is 8.34. The number of amidine groups is 1. The van der Waals surface area contributed by atoms with E-state index in [1.807, 2.05) is 0 Å². The Morgan fingerprint density at radius 2 is 2.22 bits per heavy atom. The molecular weight excluding hydrogens is 251 g/mol. The first-order valence-electron chi connectivity index (χ1n) is 4.92. The van der Waals surface area contributed by atoms with Crippen LogP contribution in [0.4, 0.5) is 19.1 Å². The third-order valence-electron chi connectivity index (χ3n) is 2.11. The summed E-state index contributed by atoms with van der Waals surface area (Å²) in [4.78, 5) is 8.50. The predicted octanol–water partition coefficient (Wildman–Crippen LogP) is 1.07. The molecule has 18 heavy (non-hydrogen) atoms. The monoisotopic (exact) mass is 263 g/mol. The molecule has 9 heteroatoms. The Labute approximate surface area is 101 Å². The molecule has 100 valence electrons. The maximum Gasteiger partial charge on any atom is 0.433 e. The molecular formula is C9H12F3N5O. The van der Waals surface area contributed by atoms with Gasteiger partial charge in [-0.15, -0.1) is 0 Å². The van der Waals surface area contributed by atoms with Crippen LogP contribution >= 0.6 is 0 Å². The van der Waals surface area contributed by atoms with Crippen molar-refractivity contribution in [2.45, 2.75) is 12.6 Å². The quantitative estimate of drug-likeness (QED) is 0.367. The molecule has 0 radical (unpaired) electrons. The van der Waals surface area contributed by atoms with Crippen molar-refractivity contribution in [3.05, 3.63) is 18.0 Å². The van der Waals surface area contributed by atoms with Gasteiger partial charge in [-0.25, -0.2) is 9.97 Å². The van der Waals surface area contributed by atoms with Crippen LogP contribution in [-0.2, 0) is 6.18 Å². The van der Waals surface area contributed by atoms with E-state index < -0.39 is 11.9 Å². The lowest BCUT2D eigenvalue weighted by Gasteiger charge is -2.17. The van der Waals surface area contributed by atoms with Crippen molar-refractivity contribution in [3.8, 4) is 0 Å². The summed E-state index contributed by atoms with van der Waals surface area (Å²) < 4.78 is 37.3. The second-order valence-corrected chi connectivity index (χ2v) is 3.50. The van der Waals surface area contributed by atoms with Crippen LogP contribution in [0.3, 0.4) is 0 Å². The fourth-order valence-electron chi connectivity index (χ4n) is 1.12. The number of hydrogen-bond donors (Lipinski definition) is 2. The SMILES string of the molecule is CN(CCC(N)=NO)c1nccc(C(F)(F)F)n1. The summed E-state index contributed by atoms with van der Waals surface area (Å²) in [5, 5.41) is 11.1. The highest BCUT2D eigenvalue weighted by molar-refractivity contribution is 5.80. The van der Waals surface area contributed by atoms with Gasteiger partial charge in [0.15, 0.2) is 0 Å². The van der Waals surface area contributed by atoms with Gasteiger partial charge in [0.2, 0.25) is 5.95 Å². The number of anilines is 1. The van der Waals surface area contributed by atoms with Crippen LogP contribution in [0.5, 0.6) is 0 Å². The molecule has 0 unspecified atom stereocenters. The molecule has 0 aliphatic heterocycles. The second-order valence-electron chi connectivity index (χ2n) is 3.50. The Morgan fingerprint density at radius 3 is 2.78 bits per heavy atom. The van der Waals surface area contributed by atoms with Crippen molar-refractivity contribution in [1.29, 1.82) is 0 Å². The van der Waals surface area contributed by atoms with Crippen molar-refractivity contribution in [3.63, 3.8) is 0 Å². The summed E-state index contributed by atoms with van der Waals surface area (Å²) in [6.45, 7) is 0.233. The Balaban J connectivity index is 2.77. The van der Waals surface area contributed by atoms with E-state index in [4.69, 9.17) is 10.9 Å². The molecule has 0 amide bonds. The van der Waals surface area contributed by atoms with E-state index in [1.54, 1.807) is 0 Å². The van der Waals surface area contributed by atoms with Crippen LogP contribution in [0, 0.1) is 0 Å². The molecule has 1 rings (SSSR count). The lowest BCUT2D eigenvalue weighted by Crippen LogP contribution is -2.26. The molecule has 1 aromatic rings. The fourth-order valence-corrected chi connectivity index (χ4v) is 1.12. The summed E-state index contributed by atoms with van der Waals surface area (Å²) in [5.74, 6) is -0.0932. The minimum Gasteiger partial charge on any atom is -0.409 e. The topological polar surface area (TPSA) is 87.6 Å². The average molecular weight is 263 g/mol. The zero-order valence-electron chi connectivity index (χ0n) is 9.52. The highest BCUT2D eigenvalue weighted by atomic mass is 19.4. The molecule has 3 N–H and O–H groups in total. The van der Waals surface area contributed by atoms with Gasteiger partial charge in [0.1, 0.15) is 11.5 Å². The molecule has 6 nitrogen and oxygen atoms in total. The number of hydrogen-bond acceptors (Lipinski definition) is 5. The highest BCUT2D eigenvalue weighted by Crippen LogP contribution is 2.27. The number of nitrogens with zero attached hydrogens (tertiary/aromatic N) is 4. The van der Waals surface area contributed by atoms with E-state index in [1.165, 1.54) is 11.9 Å². The zero-order chi connectivity index (χ0) is 13.8. The maximum absolute atomic E-state index is 12.4. The van der Waals surface area contributed by atoms with E-state index in [0.717, 1.165) is 12.3 Å². The Morgan fingerprint density at radius 1 is 1.56 bits per heavy atom. The van der Waals surface area contributed by atoms with Crippen molar-refractivity contribution >= 4 is 11.8 Å². The van der Waals surface area contributed by atoms with Crippen molar-refractivity contribution < 1.29 is 18.4 Å². The van der Waals surface area contributed by atoms with Gasteiger partial charge >= 0.3 is 6.18 Å². The summed E-state index contributed by atoms with van der Waals surface area (Å²) >= 11 is 0. The number of alkyl halides is 3. The molecule has 0 spiro atoms. The van der Waals surface area contributed by atoms with Crippen LogP contribution in [0.1, 0.15) is 12.1 Å². The van der Waals surface area contributed by atoms with Crippen LogP contribution in [0.25, 0.3) is 0 Å². The van der Waals surface area contributed by atoms with Gasteiger partial charge in [-0.1, -0.05) is 5.16 Å². The van der Waals surface area contributed by atoms with Gasteiger partial charge in [-0.05, 0) is 6.07 Å². The third kappa shape index (κ3) is 3.75. The molecule has 1 heterocycles. The largest absolute Gasteiger partial charge is 0.433 e. The second kappa shape index (κ2) is 5.52. The molecule has 0 aromatic carbocycles. The summed E-state index contributed by atoms with van der Waals surface area (Å²) in [6, 6.07) is 0.793. The number of halogens is 3. The normalized spacial score (nSPS) is 12.6. The van der Waals surface area contributed by atoms with Crippen LogP contribution in [-0.4, -0.2) is 34.6 Å². The highest BCUT2D eigenvalue weighted by Gasteiger charge is 2.33. The van der Waals surface area contributed by atoms with Crippen molar-refractivity contribution in [1.82, 2.24) is 9.97 Å². The van der Waals surface area contributed by atoms with Gasteiger partial charge in [-0.3, -0.25) is 0 Å². The standard InChI is InChI=1S/C9H12F3N5O/c1-17(5-3-7(13)16-18)8-14-4-2-6(15-8)9(10,11)12/h2,4,18H,3,5H2,1H3,(H2,13,16). The molecule has 0 bridgehead atoms. The Hall–Kier alpha value is -2.06. The van der Waals surface area contributed by atoms with E-state index in [9.17, 15) is 13.2 Å². The van der Waals surface area contributed by atoms with Gasteiger partial charge in [0.05, 0.1) is 0 Å². The van der Waals surface area contributed by atoms with Crippen molar-refractivity contribution in [2.24, 2.45) is 10.9 Å². The molecule has 0 aliphatic carbocycles.